The first-order valence-corrected chi connectivity index (χ1v) is 7.87. The second-order valence-corrected chi connectivity index (χ2v) is 5.25. The van der Waals surface area contributed by atoms with E-state index in [-0.39, 0.29) is 12.4 Å². The Labute approximate surface area is 147 Å². The van der Waals surface area contributed by atoms with Crippen LogP contribution in [0.5, 0.6) is 5.75 Å². The molecular weight excluding hydrogens is 316 g/mol. The van der Waals surface area contributed by atoms with Gasteiger partial charge in [0, 0.05) is 5.56 Å². The Morgan fingerprint density at radius 1 is 0.920 bits per heavy atom. The van der Waals surface area contributed by atoms with Crippen molar-refractivity contribution in [2.75, 3.05) is 13.2 Å². The molecule has 2 aromatic carbocycles. The first-order valence-electron chi connectivity index (χ1n) is 7.87. The standard InChI is InChI=1S/C21H20O4/c1-3-14-24-18-12-10-16(11-13-18)19(21(23)25-15-4-2)20(22)17-8-6-5-7-9-17/h3-13,19H,1-2,14-15H2. The lowest BCUT2D eigenvalue weighted by atomic mass is 9.90. The molecule has 0 heterocycles. The van der Waals surface area contributed by atoms with Crippen LogP contribution in [-0.4, -0.2) is 25.0 Å². The Bertz CT molecular complexity index is 732. The second-order valence-electron chi connectivity index (χ2n) is 5.25. The number of Topliss-reactive ketones (excluding diaryl/α,β-unsaturated/α-hetero) is 1. The van der Waals surface area contributed by atoms with Crippen molar-refractivity contribution in [1.82, 2.24) is 0 Å². The molecule has 0 aliphatic carbocycles. The van der Waals surface area contributed by atoms with Gasteiger partial charge >= 0.3 is 5.97 Å². The van der Waals surface area contributed by atoms with E-state index in [1.165, 1.54) is 6.08 Å². The fourth-order valence-electron chi connectivity index (χ4n) is 2.30. The van der Waals surface area contributed by atoms with Crippen molar-refractivity contribution in [3.63, 3.8) is 0 Å². The number of rotatable bonds is 9. The Morgan fingerprint density at radius 3 is 2.16 bits per heavy atom. The molecule has 1 unspecified atom stereocenters. The summed E-state index contributed by atoms with van der Waals surface area (Å²) in [6.07, 6.45) is 3.11. The summed E-state index contributed by atoms with van der Waals surface area (Å²) in [7, 11) is 0. The number of benzene rings is 2. The number of esters is 1. The molecule has 0 amide bonds. The number of ketones is 1. The summed E-state index contributed by atoms with van der Waals surface area (Å²) in [4.78, 5) is 25.3. The van der Waals surface area contributed by atoms with Crippen LogP contribution in [0.25, 0.3) is 0 Å². The topological polar surface area (TPSA) is 52.6 Å². The van der Waals surface area contributed by atoms with Gasteiger partial charge in [-0.05, 0) is 17.7 Å². The third-order valence-corrected chi connectivity index (χ3v) is 3.48. The molecule has 0 fully saturated rings. The lowest BCUT2D eigenvalue weighted by molar-refractivity contribution is -0.142. The molecule has 128 valence electrons. The van der Waals surface area contributed by atoms with E-state index in [0.717, 1.165) is 0 Å². The average molecular weight is 336 g/mol. The summed E-state index contributed by atoms with van der Waals surface area (Å²) in [6, 6.07) is 15.5. The number of carbonyl (C=O) groups is 2. The highest BCUT2D eigenvalue weighted by molar-refractivity contribution is 6.12. The van der Waals surface area contributed by atoms with Crippen molar-refractivity contribution >= 4 is 11.8 Å². The van der Waals surface area contributed by atoms with Crippen molar-refractivity contribution in [3.05, 3.63) is 91.0 Å². The highest BCUT2D eigenvalue weighted by Gasteiger charge is 2.30. The van der Waals surface area contributed by atoms with Crippen LogP contribution in [0.15, 0.2) is 79.9 Å². The normalized spacial score (nSPS) is 11.2. The summed E-state index contributed by atoms with van der Waals surface area (Å²) in [5, 5.41) is 0. The van der Waals surface area contributed by atoms with Gasteiger partial charge in [0.25, 0.3) is 0 Å². The Balaban J connectivity index is 2.30. The third kappa shape index (κ3) is 4.91. The van der Waals surface area contributed by atoms with E-state index in [1.807, 2.05) is 6.07 Å². The Morgan fingerprint density at radius 2 is 1.56 bits per heavy atom. The van der Waals surface area contributed by atoms with E-state index < -0.39 is 11.9 Å². The molecule has 0 radical (unpaired) electrons. The van der Waals surface area contributed by atoms with E-state index >= 15 is 0 Å². The number of ether oxygens (including phenoxy) is 2. The minimum Gasteiger partial charge on any atom is -0.490 e. The molecule has 25 heavy (non-hydrogen) atoms. The molecular formula is C21H20O4. The van der Waals surface area contributed by atoms with Crippen LogP contribution in [-0.2, 0) is 9.53 Å². The van der Waals surface area contributed by atoms with Gasteiger partial charge in [-0.2, -0.15) is 0 Å². The van der Waals surface area contributed by atoms with Crippen molar-refractivity contribution in [3.8, 4) is 5.75 Å². The summed E-state index contributed by atoms with van der Waals surface area (Å²) in [6.45, 7) is 7.55. The zero-order valence-electron chi connectivity index (χ0n) is 13.9. The molecule has 0 aliphatic rings. The molecule has 2 aromatic rings. The molecule has 2 rings (SSSR count). The highest BCUT2D eigenvalue weighted by Crippen LogP contribution is 2.25. The molecule has 0 spiro atoms. The van der Waals surface area contributed by atoms with Crippen LogP contribution in [0, 0.1) is 0 Å². The van der Waals surface area contributed by atoms with Gasteiger partial charge in [-0.3, -0.25) is 9.59 Å². The zero-order chi connectivity index (χ0) is 18.1. The minimum atomic E-state index is -1.03. The maximum absolute atomic E-state index is 12.8. The number of carbonyl (C=O) groups excluding carboxylic acids is 2. The van der Waals surface area contributed by atoms with Gasteiger partial charge in [0.15, 0.2) is 5.78 Å². The Kier molecular flexibility index (Phi) is 6.72. The number of hydrogen-bond donors (Lipinski definition) is 0. The van der Waals surface area contributed by atoms with Crippen molar-refractivity contribution in [2.45, 2.75) is 5.92 Å². The second kappa shape index (κ2) is 9.23. The first kappa shape index (κ1) is 18.2. The van der Waals surface area contributed by atoms with Crippen LogP contribution in [0.3, 0.4) is 0 Å². The minimum absolute atomic E-state index is 0.0535. The molecule has 0 aromatic heterocycles. The summed E-state index contributed by atoms with van der Waals surface area (Å²) in [5.41, 5.74) is 1.00. The predicted molar refractivity (Wildman–Crippen MR) is 96.8 cm³/mol. The first-order chi connectivity index (χ1) is 12.2. The molecule has 0 bridgehead atoms. The van der Waals surface area contributed by atoms with Crippen molar-refractivity contribution < 1.29 is 19.1 Å². The predicted octanol–water partition coefficient (Wildman–Crippen LogP) is 3.95. The molecule has 0 saturated carbocycles. The average Bonchev–Trinajstić information content (AvgIpc) is 2.66. The van der Waals surface area contributed by atoms with E-state index in [2.05, 4.69) is 13.2 Å². The maximum Gasteiger partial charge on any atom is 0.321 e. The molecule has 0 aliphatic heterocycles. The van der Waals surface area contributed by atoms with Crippen molar-refractivity contribution in [2.24, 2.45) is 0 Å². The van der Waals surface area contributed by atoms with E-state index in [9.17, 15) is 9.59 Å². The van der Waals surface area contributed by atoms with Gasteiger partial charge in [0.1, 0.15) is 24.9 Å². The van der Waals surface area contributed by atoms with E-state index in [1.54, 1.807) is 54.6 Å². The van der Waals surface area contributed by atoms with Crippen LogP contribution >= 0.6 is 0 Å². The molecule has 1 atom stereocenters. The van der Waals surface area contributed by atoms with Gasteiger partial charge < -0.3 is 9.47 Å². The molecule has 0 saturated heterocycles. The molecule has 4 heteroatoms. The highest BCUT2D eigenvalue weighted by atomic mass is 16.5. The quantitative estimate of drug-likeness (QED) is 0.301. The maximum atomic E-state index is 12.8. The van der Waals surface area contributed by atoms with Gasteiger partial charge in [-0.15, -0.1) is 0 Å². The van der Waals surface area contributed by atoms with E-state index in [0.29, 0.717) is 23.5 Å². The molecule has 4 nitrogen and oxygen atoms in total. The Hall–Kier alpha value is -3.14. The summed E-state index contributed by atoms with van der Waals surface area (Å²) in [5.74, 6) is -1.31. The smallest absolute Gasteiger partial charge is 0.321 e. The summed E-state index contributed by atoms with van der Waals surface area (Å²) >= 11 is 0. The largest absolute Gasteiger partial charge is 0.490 e. The lowest BCUT2D eigenvalue weighted by Crippen LogP contribution is -2.24. The number of hydrogen-bond acceptors (Lipinski definition) is 4. The third-order valence-electron chi connectivity index (χ3n) is 3.48. The van der Waals surface area contributed by atoms with Gasteiger partial charge in [0.2, 0.25) is 0 Å². The molecule has 0 N–H and O–H groups in total. The fourth-order valence-corrected chi connectivity index (χ4v) is 2.30. The van der Waals surface area contributed by atoms with Crippen molar-refractivity contribution in [1.29, 1.82) is 0 Å². The zero-order valence-corrected chi connectivity index (χ0v) is 13.9. The van der Waals surface area contributed by atoms with Gasteiger partial charge in [-0.1, -0.05) is 67.8 Å². The van der Waals surface area contributed by atoms with Gasteiger partial charge in [0.05, 0.1) is 0 Å². The van der Waals surface area contributed by atoms with Crippen LogP contribution in [0.1, 0.15) is 21.8 Å². The monoisotopic (exact) mass is 336 g/mol. The lowest BCUT2D eigenvalue weighted by Gasteiger charge is -2.16. The van der Waals surface area contributed by atoms with Crippen LogP contribution in [0.2, 0.25) is 0 Å². The van der Waals surface area contributed by atoms with Crippen LogP contribution in [0.4, 0.5) is 0 Å². The fraction of sp³-hybridized carbons (Fsp3) is 0.143. The van der Waals surface area contributed by atoms with Crippen LogP contribution < -0.4 is 4.74 Å². The SMILES string of the molecule is C=CCOC(=O)C(C(=O)c1ccccc1)c1ccc(OCC=C)cc1. The van der Waals surface area contributed by atoms with Gasteiger partial charge in [-0.25, -0.2) is 0 Å². The van der Waals surface area contributed by atoms with E-state index in [4.69, 9.17) is 9.47 Å². The summed E-state index contributed by atoms with van der Waals surface area (Å²) < 4.78 is 10.6.